The number of non-ortho nitro benzene ring substituents is 1. The van der Waals surface area contributed by atoms with E-state index in [1.807, 2.05) is 0 Å². The van der Waals surface area contributed by atoms with E-state index in [1.54, 1.807) is 6.07 Å². The van der Waals surface area contributed by atoms with Crippen molar-refractivity contribution in [1.82, 2.24) is 0 Å². The summed E-state index contributed by atoms with van der Waals surface area (Å²) in [6, 6.07) is 6.98. The van der Waals surface area contributed by atoms with Gasteiger partial charge in [0.1, 0.15) is 5.75 Å². The normalized spacial score (nSPS) is 10.1. The van der Waals surface area contributed by atoms with Crippen molar-refractivity contribution < 1.29 is 18.9 Å². The molecule has 8 heteroatoms. The van der Waals surface area contributed by atoms with E-state index in [9.17, 15) is 14.9 Å². The number of anilines is 1. The highest BCUT2D eigenvalue weighted by molar-refractivity contribution is 9.10. The molecule has 0 radical (unpaired) electrons. The van der Waals surface area contributed by atoms with Gasteiger partial charge >= 0.3 is 0 Å². The van der Waals surface area contributed by atoms with Crippen LogP contribution in [0.2, 0.25) is 0 Å². The fraction of sp³-hybridized carbons (Fsp3) is 0.0833. The lowest BCUT2D eigenvalue weighted by atomic mass is 10.2. The van der Waals surface area contributed by atoms with Gasteiger partial charge in [0, 0.05) is 6.07 Å². The van der Waals surface area contributed by atoms with Gasteiger partial charge < -0.3 is 14.5 Å². The fourth-order valence-electron chi connectivity index (χ4n) is 1.52. The Kier molecular flexibility index (Phi) is 4.04. The lowest BCUT2D eigenvalue weighted by Gasteiger charge is -2.08. The molecule has 0 atom stereocenters. The minimum atomic E-state index is -0.544. The number of methoxy groups -OCH3 is 1. The molecular formula is C12H9BrN2O5. The minimum absolute atomic E-state index is 0.109. The number of furan rings is 1. The van der Waals surface area contributed by atoms with Crippen molar-refractivity contribution in [1.29, 1.82) is 0 Å². The van der Waals surface area contributed by atoms with Crippen molar-refractivity contribution in [3.63, 3.8) is 0 Å². The third-order valence-corrected chi connectivity index (χ3v) is 2.87. The molecule has 0 unspecified atom stereocenters. The molecule has 2 aromatic rings. The molecule has 1 aromatic carbocycles. The summed E-state index contributed by atoms with van der Waals surface area (Å²) in [6.45, 7) is 0. The van der Waals surface area contributed by atoms with Crippen molar-refractivity contribution in [2.45, 2.75) is 0 Å². The summed E-state index contributed by atoms with van der Waals surface area (Å²) in [5, 5.41) is 13.2. The lowest BCUT2D eigenvalue weighted by molar-refractivity contribution is -0.384. The number of benzene rings is 1. The van der Waals surface area contributed by atoms with E-state index in [0.29, 0.717) is 10.4 Å². The Morgan fingerprint density at radius 1 is 1.40 bits per heavy atom. The molecule has 0 aliphatic carbocycles. The number of carbonyl (C=O) groups excluding carboxylic acids is 1. The molecule has 0 saturated carbocycles. The van der Waals surface area contributed by atoms with Crippen molar-refractivity contribution in [2.24, 2.45) is 0 Å². The van der Waals surface area contributed by atoms with Gasteiger partial charge in [-0.3, -0.25) is 14.9 Å². The molecule has 1 aromatic heterocycles. The predicted molar refractivity (Wildman–Crippen MR) is 74.0 cm³/mol. The molecule has 0 spiro atoms. The molecule has 2 rings (SSSR count). The molecule has 104 valence electrons. The number of carbonyl (C=O) groups is 1. The first-order chi connectivity index (χ1) is 9.51. The maximum Gasteiger partial charge on any atom is 0.291 e. The summed E-state index contributed by atoms with van der Waals surface area (Å²) in [6.07, 6.45) is 0. The lowest BCUT2D eigenvalue weighted by Crippen LogP contribution is -2.11. The van der Waals surface area contributed by atoms with E-state index in [1.165, 1.54) is 31.4 Å². The van der Waals surface area contributed by atoms with Crippen LogP contribution in [0.3, 0.4) is 0 Å². The molecule has 0 aliphatic rings. The van der Waals surface area contributed by atoms with E-state index in [0.717, 1.165) is 0 Å². The smallest absolute Gasteiger partial charge is 0.291 e. The number of nitrogens with zero attached hydrogens (tertiary/aromatic N) is 1. The average Bonchev–Trinajstić information content (AvgIpc) is 2.85. The number of nitro groups is 1. The number of nitrogens with one attached hydrogen (secondary N) is 1. The number of rotatable bonds is 4. The maximum atomic E-state index is 11.9. The van der Waals surface area contributed by atoms with Gasteiger partial charge in [0.05, 0.1) is 23.8 Å². The molecule has 1 amide bonds. The quantitative estimate of drug-likeness (QED) is 0.681. The third kappa shape index (κ3) is 2.97. The van der Waals surface area contributed by atoms with Crippen LogP contribution in [0.15, 0.2) is 39.4 Å². The fourth-order valence-corrected chi connectivity index (χ4v) is 1.82. The largest absolute Gasteiger partial charge is 0.494 e. The zero-order valence-corrected chi connectivity index (χ0v) is 11.8. The predicted octanol–water partition coefficient (Wildman–Crippen LogP) is 3.21. The van der Waals surface area contributed by atoms with Crippen LogP contribution >= 0.6 is 15.9 Å². The van der Waals surface area contributed by atoms with Gasteiger partial charge in [0.25, 0.3) is 11.6 Å². The summed E-state index contributed by atoms with van der Waals surface area (Å²) in [5.41, 5.74) is 0.191. The Balaban J connectivity index is 2.25. The number of nitro benzene ring substituents is 1. The van der Waals surface area contributed by atoms with Gasteiger partial charge in [0.2, 0.25) is 0 Å². The molecule has 1 heterocycles. The first-order valence-corrected chi connectivity index (χ1v) is 6.19. The van der Waals surface area contributed by atoms with Crippen LogP contribution in [-0.4, -0.2) is 17.9 Å². The van der Waals surface area contributed by atoms with Crippen LogP contribution in [0.1, 0.15) is 10.6 Å². The van der Waals surface area contributed by atoms with Crippen LogP contribution in [0.4, 0.5) is 11.4 Å². The topological polar surface area (TPSA) is 94.6 Å². The molecule has 1 N–H and O–H groups in total. The summed E-state index contributed by atoms with van der Waals surface area (Å²) < 4.78 is 10.6. The Morgan fingerprint density at radius 3 is 2.70 bits per heavy atom. The summed E-state index contributed by atoms with van der Waals surface area (Å²) in [4.78, 5) is 22.0. The van der Waals surface area contributed by atoms with Gasteiger partial charge in [-0.05, 0) is 34.1 Å². The Morgan fingerprint density at radius 2 is 2.15 bits per heavy atom. The number of halogens is 1. The first kappa shape index (κ1) is 14.1. The SMILES string of the molecule is COc1cc([N+](=O)[O-])ccc1NC(=O)c1ccc(Br)o1. The third-order valence-electron chi connectivity index (χ3n) is 2.44. The summed E-state index contributed by atoms with van der Waals surface area (Å²) >= 11 is 3.09. The van der Waals surface area contributed by atoms with Crippen molar-refractivity contribution in [2.75, 3.05) is 12.4 Å². The molecule has 20 heavy (non-hydrogen) atoms. The highest BCUT2D eigenvalue weighted by Gasteiger charge is 2.16. The van der Waals surface area contributed by atoms with Gasteiger partial charge in [-0.2, -0.15) is 0 Å². The highest BCUT2D eigenvalue weighted by atomic mass is 79.9. The number of amides is 1. The van der Waals surface area contributed by atoms with Crippen LogP contribution in [0, 0.1) is 10.1 Å². The second-order valence-electron chi connectivity index (χ2n) is 3.70. The standard InChI is InChI=1S/C12H9BrN2O5/c1-19-10-6-7(15(17)18)2-3-8(10)14-12(16)9-4-5-11(13)20-9/h2-6H,1H3,(H,14,16). The van der Waals surface area contributed by atoms with Crippen LogP contribution in [0.25, 0.3) is 0 Å². The van der Waals surface area contributed by atoms with E-state index in [2.05, 4.69) is 21.2 Å². The van der Waals surface area contributed by atoms with Gasteiger partial charge in [-0.1, -0.05) is 0 Å². The van der Waals surface area contributed by atoms with Gasteiger partial charge in [0.15, 0.2) is 10.4 Å². The molecule has 0 fully saturated rings. The molecular weight excluding hydrogens is 332 g/mol. The van der Waals surface area contributed by atoms with Crippen molar-refractivity contribution >= 4 is 33.2 Å². The number of hydrogen-bond acceptors (Lipinski definition) is 5. The van der Waals surface area contributed by atoms with Crippen molar-refractivity contribution in [3.05, 3.63) is 50.9 Å². The molecule has 0 bridgehead atoms. The number of ether oxygens (including phenoxy) is 1. The van der Waals surface area contributed by atoms with Gasteiger partial charge in [-0.15, -0.1) is 0 Å². The first-order valence-electron chi connectivity index (χ1n) is 5.40. The minimum Gasteiger partial charge on any atom is -0.494 e. The average molecular weight is 341 g/mol. The second-order valence-corrected chi connectivity index (χ2v) is 4.48. The Bertz CT molecular complexity index is 668. The maximum absolute atomic E-state index is 11.9. The number of hydrogen-bond donors (Lipinski definition) is 1. The second kappa shape index (κ2) is 5.74. The Labute approximate surface area is 121 Å². The zero-order valence-electron chi connectivity index (χ0n) is 10.3. The van der Waals surface area contributed by atoms with E-state index in [4.69, 9.17) is 9.15 Å². The Hall–Kier alpha value is -2.35. The van der Waals surface area contributed by atoms with Crippen LogP contribution < -0.4 is 10.1 Å². The van der Waals surface area contributed by atoms with E-state index in [-0.39, 0.29) is 17.2 Å². The monoisotopic (exact) mass is 340 g/mol. The highest BCUT2D eigenvalue weighted by Crippen LogP contribution is 2.29. The molecule has 0 aliphatic heterocycles. The van der Waals surface area contributed by atoms with Crippen LogP contribution in [-0.2, 0) is 0 Å². The van der Waals surface area contributed by atoms with Gasteiger partial charge in [-0.25, -0.2) is 0 Å². The van der Waals surface area contributed by atoms with Crippen molar-refractivity contribution in [3.8, 4) is 5.75 Å². The summed E-state index contributed by atoms with van der Waals surface area (Å²) in [7, 11) is 1.36. The zero-order chi connectivity index (χ0) is 14.7. The molecule has 7 nitrogen and oxygen atoms in total. The van der Waals surface area contributed by atoms with E-state index < -0.39 is 10.8 Å². The molecule has 0 saturated heterocycles. The van der Waals surface area contributed by atoms with Crippen LogP contribution in [0.5, 0.6) is 5.75 Å². The van der Waals surface area contributed by atoms with E-state index >= 15 is 0 Å². The summed E-state index contributed by atoms with van der Waals surface area (Å²) in [5.74, 6) is -0.182.